The molecule has 0 saturated carbocycles. The van der Waals surface area contributed by atoms with Gasteiger partial charge in [-0.3, -0.25) is 14.9 Å². The lowest BCUT2D eigenvalue weighted by atomic mass is 10.1. The highest BCUT2D eigenvalue weighted by Gasteiger charge is 2.17. The van der Waals surface area contributed by atoms with E-state index in [0.29, 0.717) is 11.5 Å². The number of ether oxygens (including phenoxy) is 1. The molecular weight excluding hydrogens is 316 g/mol. The molecule has 0 fully saturated rings. The summed E-state index contributed by atoms with van der Waals surface area (Å²) in [5, 5.41) is 11.0. The highest BCUT2D eigenvalue weighted by Crippen LogP contribution is 2.21. The number of rotatable bonds is 6. The number of nitrogens with zero attached hydrogens (tertiary/aromatic N) is 1. The van der Waals surface area contributed by atoms with E-state index in [-0.39, 0.29) is 23.4 Å². The molecule has 1 amide bonds. The number of primary amides is 1. The molecule has 2 aromatic rings. The summed E-state index contributed by atoms with van der Waals surface area (Å²) in [5.74, 6) is -0.273. The van der Waals surface area contributed by atoms with Crippen molar-refractivity contribution in [2.45, 2.75) is 13.5 Å². The topological polar surface area (TPSA) is 126 Å². The summed E-state index contributed by atoms with van der Waals surface area (Å²) < 4.78 is 10.2. The third-order valence-corrected chi connectivity index (χ3v) is 3.08. The van der Waals surface area contributed by atoms with E-state index in [0.717, 1.165) is 12.1 Å². The fourth-order valence-corrected chi connectivity index (χ4v) is 1.90. The molecule has 0 radical (unpaired) electrons. The number of carbonyl (C=O) groups is 2. The van der Waals surface area contributed by atoms with Crippen LogP contribution in [-0.4, -0.2) is 16.8 Å². The monoisotopic (exact) mass is 330 g/mol. The molecule has 0 bridgehead atoms. The van der Waals surface area contributed by atoms with Crippen LogP contribution in [0.2, 0.25) is 0 Å². The molecule has 0 unspecified atom stereocenters. The SMILES string of the molecule is Cc1ccc(/C=C/C(=O)OCc2ccc(C(N)=O)cc2[N+](=O)[O-])o1. The van der Waals surface area contributed by atoms with E-state index in [2.05, 4.69) is 0 Å². The fourth-order valence-electron chi connectivity index (χ4n) is 1.90. The first kappa shape index (κ1) is 16.9. The second-order valence-electron chi connectivity index (χ2n) is 4.85. The van der Waals surface area contributed by atoms with Crippen LogP contribution in [0.1, 0.15) is 27.4 Å². The molecule has 2 N–H and O–H groups in total. The lowest BCUT2D eigenvalue weighted by molar-refractivity contribution is -0.385. The van der Waals surface area contributed by atoms with Crippen LogP contribution in [-0.2, 0) is 16.1 Å². The van der Waals surface area contributed by atoms with Gasteiger partial charge in [-0.15, -0.1) is 0 Å². The minimum atomic E-state index is -0.779. The molecule has 8 heteroatoms. The zero-order valence-corrected chi connectivity index (χ0v) is 12.7. The number of esters is 1. The first-order valence-electron chi connectivity index (χ1n) is 6.85. The fraction of sp³-hybridized carbons (Fsp3) is 0.125. The lowest BCUT2D eigenvalue weighted by Gasteiger charge is -2.05. The van der Waals surface area contributed by atoms with Crippen LogP contribution in [0, 0.1) is 17.0 Å². The molecule has 8 nitrogen and oxygen atoms in total. The van der Waals surface area contributed by atoms with E-state index in [1.165, 1.54) is 18.2 Å². The van der Waals surface area contributed by atoms with Crippen LogP contribution >= 0.6 is 0 Å². The summed E-state index contributed by atoms with van der Waals surface area (Å²) in [6, 6.07) is 7.14. The van der Waals surface area contributed by atoms with E-state index < -0.39 is 16.8 Å². The molecule has 124 valence electrons. The number of nitrogens with two attached hydrogens (primary N) is 1. The Morgan fingerprint density at radius 2 is 2.08 bits per heavy atom. The molecule has 0 spiro atoms. The molecule has 0 atom stereocenters. The molecule has 1 aromatic carbocycles. The standard InChI is InChI=1S/C16H14N2O6/c1-10-2-5-13(24-10)6-7-15(19)23-9-12-4-3-11(16(17)20)8-14(12)18(21)22/h2-8H,9H2,1H3,(H2,17,20)/b7-6+. The van der Waals surface area contributed by atoms with Crippen molar-refractivity contribution in [2.24, 2.45) is 5.73 Å². The summed E-state index contributed by atoms with van der Waals surface area (Å²) in [4.78, 5) is 33.1. The van der Waals surface area contributed by atoms with Gasteiger partial charge in [-0.1, -0.05) is 0 Å². The van der Waals surface area contributed by atoms with Gasteiger partial charge in [0.2, 0.25) is 5.91 Å². The molecule has 1 heterocycles. The zero-order chi connectivity index (χ0) is 17.7. The van der Waals surface area contributed by atoms with Crippen molar-refractivity contribution in [2.75, 3.05) is 0 Å². The second kappa shape index (κ2) is 7.23. The average molecular weight is 330 g/mol. The van der Waals surface area contributed by atoms with Crippen LogP contribution in [0.5, 0.6) is 0 Å². The van der Waals surface area contributed by atoms with Gasteiger partial charge in [-0.05, 0) is 37.3 Å². The van der Waals surface area contributed by atoms with Crippen molar-refractivity contribution in [1.82, 2.24) is 0 Å². The molecule has 1 aromatic heterocycles. The Bertz CT molecular complexity index is 822. The predicted octanol–water partition coefficient (Wildman–Crippen LogP) is 2.35. The van der Waals surface area contributed by atoms with Gasteiger partial charge in [-0.2, -0.15) is 0 Å². The van der Waals surface area contributed by atoms with Crippen LogP contribution < -0.4 is 5.73 Å². The van der Waals surface area contributed by atoms with Crippen LogP contribution in [0.25, 0.3) is 6.08 Å². The maximum atomic E-state index is 11.7. The lowest BCUT2D eigenvalue weighted by Crippen LogP contribution is -2.12. The van der Waals surface area contributed by atoms with Crippen LogP contribution in [0.15, 0.2) is 40.8 Å². The first-order valence-corrected chi connectivity index (χ1v) is 6.85. The molecule has 0 aliphatic heterocycles. The Kier molecular flexibility index (Phi) is 5.10. The molecule has 0 aliphatic rings. The van der Waals surface area contributed by atoms with Crippen LogP contribution in [0.4, 0.5) is 5.69 Å². The summed E-state index contributed by atoms with van der Waals surface area (Å²) in [5.41, 5.74) is 4.90. The van der Waals surface area contributed by atoms with Crippen molar-refractivity contribution >= 4 is 23.6 Å². The average Bonchev–Trinajstić information content (AvgIpc) is 2.96. The van der Waals surface area contributed by atoms with Crippen molar-refractivity contribution < 1.29 is 23.7 Å². The Morgan fingerprint density at radius 1 is 1.33 bits per heavy atom. The summed E-state index contributed by atoms with van der Waals surface area (Å²) >= 11 is 0. The van der Waals surface area contributed by atoms with Gasteiger partial charge in [0.15, 0.2) is 0 Å². The highest BCUT2D eigenvalue weighted by molar-refractivity contribution is 5.93. The number of hydrogen-bond donors (Lipinski definition) is 1. The number of furan rings is 1. The molecule has 2 rings (SSSR count). The number of amides is 1. The minimum absolute atomic E-state index is 0.00450. The van der Waals surface area contributed by atoms with Gasteiger partial charge in [-0.25, -0.2) is 4.79 Å². The van der Waals surface area contributed by atoms with Gasteiger partial charge in [0.1, 0.15) is 18.1 Å². The number of aryl methyl sites for hydroxylation is 1. The highest BCUT2D eigenvalue weighted by atomic mass is 16.6. The van der Waals surface area contributed by atoms with E-state index >= 15 is 0 Å². The number of nitro groups is 1. The van der Waals surface area contributed by atoms with E-state index in [4.69, 9.17) is 14.9 Å². The molecular formula is C16H14N2O6. The summed E-state index contributed by atoms with van der Waals surface area (Å²) in [6.07, 6.45) is 2.59. The molecule has 0 aliphatic carbocycles. The Labute approximate surface area is 136 Å². The van der Waals surface area contributed by atoms with E-state index in [1.807, 2.05) is 0 Å². The maximum absolute atomic E-state index is 11.7. The Morgan fingerprint density at radius 3 is 2.67 bits per heavy atom. The van der Waals surface area contributed by atoms with Crippen LogP contribution in [0.3, 0.4) is 0 Å². The zero-order valence-electron chi connectivity index (χ0n) is 12.7. The third kappa shape index (κ3) is 4.29. The van der Waals surface area contributed by atoms with Gasteiger partial charge in [0.25, 0.3) is 5.69 Å². The molecule has 0 saturated heterocycles. The quantitative estimate of drug-likeness (QED) is 0.375. The minimum Gasteiger partial charge on any atom is -0.462 e. The van der Waals surface area contributed by atoms with Gasteiger partial charge in [0.05, 0.1) is 10.5 Å². The predicted molar refractivity (Wildman–Crippen MR) is 83.9 cm³/mol. The summed E-state index contributed by atoms with van der Waals surface area (Å²) in [7, 11) is 0. The van der Waals surface area contributed by atoms with E-state index in [1.54, 1.807) is 19.1 Å². The second-order valence-corrected chi connectivity index (χ2v) is 4.85. The van der Waals surface area contributed by atoms with Crippen molar-refractivity contribution in [3.8, 4) is 0 Å². The number of carbonyl (C=O) groups excluding carboxylic acids is 2. The Hall–Kier alpha value is -3.42. The van der Waals surface area contributed by atoms with Crippen molar-refractivity contribution in [1.29, 1.82) is 0 Å². The summed E-state index contributed by atoms with van der Waals surface area (Å²) in [6.45, 7) is 1.46. The first-order chi connectivity index (χ1) is 11.4. The molecule has 24 heavy (non-hydrogen) atoms. The van der Waals surface area contributed by atoms with E-state index in [9.17, 15) is 19.7 Å². The largest absolute Gasteiger partial charge is 0.462 e. The number of hydrogen-bond acceptors (Lipinski definition) is 6. The Balaban J connectivity index is 2.05. The number of nitro benzene ring substituents is 1. The van der Waals surface area contributed by atoms with Crippen molar-refractivity contribution in [3.05, 3.63) is 69.2 Å². The maximum Gasteiger partial charge on any atom is 0.331 e. The van der Waals surface area contributed by atoms with Gasteiger partial charge < -0.3 is 14.9 Å². The van der Waals surface area contributed by atoms with Crippen molar-refractivity contribution in [3.63, 3.8) is 0 Å². The third-order valence-electron chi connectivity index (χ3n) is 3.08. The smallest absolute Gasteiger partial charge is 0.331 e. The van der Waals surface area contributed by atoms with Gasteiger partial charge >= 0.3 is 5.97 Å². The van der Waals surface area contributed by atoms with Gasteiger partial charge in [0, 0.05) is 17.7 Å². The number of benzene rings is 1. The normalized spacial score (nSPS) is 10.7.